The summed E-state index contributed by atoms with van der Waals surface area (Å²) in [6.45, 7) is 2.23. The number of amides is 3. The molecule has 1 heterocycles. The summed E-state index contributed by atoms with van der Waals surface area (Å²) < 4.78 is 0. The molecule has 3 aromatic carbocycles. The van der Waals surface area contributed by atoms with Gasteiger partial charge < -0.3 is 26.6 Å². The molecule has 1 aliphatic heterocycles. The second-order valence-corrected chi connectivity index (χ2v) is 8.06. The number of nitrogens with zero attached hydrogens (tertiary/aromatic N) is 1. The molecular formula is C25H27N5O2. The highest BCUT2D eigenvalue weighted by molar-refractivity contribution is 6.04. The maximum absolute atomic E-state index is 12.8. The minimum atomic E-state index is -0.316. The van der Waals surface area contributed by atoms with Crippen molar-refractivity contribution < 1.29 is 9.59 Å². The van der Waals surface area contributed by atoms with Crippen molar-refractivity contribution in [2.24, 2.45) is 0 Å². The maximum atomic E-state index is 12.8. The molecule has 0 saturated carbocycles. The zero-order valence-corrected chi connectivity index (χ0v) is 18.0. The standard InChI is InChI=1S/C25H27N5O2/c1-30-12-11-18-5-6-19(14-20(18)16-30)24(31)28-23-4-2-3-17(13-23)15-27-25(32)29-22-9-7-21(26)8-10-22/h2-10,13-14H,11-12,15-16,26H2,1H3,(H,28,31)(H2,27,29,32). The molecule has 7 nitrogen and oxygen atoms in total. The number of carbonyl (C=O) groups is 2. The van der Waals surface area contributed by atoms with Crippen molar-refractivity contribution in [2.75, 3.05) is 30.0 Å². The van der Waals surface area contributed by atoms with E-state index in [-0.39, 0.29) is 11.9 Å². The van der Waals surface area contributed by atoms with Crippen LogP contribution in [0.2, 0.25) is 0 Å². The average Bonchev–Trinajstić information content (AvgIpc) is 2.79. The molecule has 0 radical (unpaired) electrons. The summed E-state index contributed by atoms with van der Waals surface area (Å²) in [6, 6.07) is 20.0. The molecule has 0 atom stereocenters. The van der Waals surface area contributed by atoms with E-state index in [0.717, 1.165) is 25.1 Å². The van der Waals surface area contributed by atoms with E-state index in [2.05, 4.69) is 34.0 Å². The van der Waals surface area contributed by atoms with Crippen LogP contribution in [0.4, 0.5) is 21.9 Å². The molecule has 164 valence electrons. The third kappa shape index (κ3) is 5.44. The first-order valence-corrected chi connectivity index (χ1v) is 10.6. The van der Waals surface area contributed by atoms with Crippen molar-refractivity contribution in [3.63, 3.8) is 0 Å². The highest BCUT2D eigenvalue weighted by Gasteiger charge is 2.15. The molecule has 0 aromatic heterocycles. The zero-order valence-electron chi connectivity index (χ0n) is 18.0. The van der Waals surface area contributed by atoms with E-state index < -0.39 is 0 Å². The zero-order chi connectivity index (χ0) is 22.5. The molecule has 5 N–H and O–H groups in total. The van der Waals surface area contributed by atoms with Gasteiger partial charge in [-0.25, -0.2) is 4.79 Å². The Hall–Kier alpha value is -3.84. The molecule has 0 saturated heterocycles. The Bertz CT molecular complexity index is 1130. The van der Waals surface area contributed by atoms with Crippen molar-refractivity contribution in [2.45, 2.75) is 19.5 Å². The number of urea groups is 1. The van der Waals surface area contributed by atoms with Crippen LogP contribution in [0.1, 0.15) is 27.0 Å². The number of fused-ring (bicyclic) bond motifs is 1. The molecule has 4 rings (SSSR count). The molecule has 1 aliphatic rings. The summed E-state index contributed by atoms with van der Waals surface area (Å²) in [5, 5.41) is 8.53. The lowest BCUT2D eigenvalue weighted by Crippen LogP contribution is -2.28. The van der Waals surface area contributed by atoms with Crippen LogP contribution in [0.25, 0.3) is 0 Å². The second kappa shape index (κ2) is 9.53. The number of likely N-dealkylation sites (N-methyl/N-ethyl adjacent to an activating group) is 1. The van der Waals surface area contributed by atoms with Crippen LogP contribution in [0.15, 0.2) is 66.7 Å². The summed E-state index contributed by atoms with van der Waals surface area (Å²) in [5.74, 6) is -0.146. The lowest BCUT2D eigenvalue weighted by molar-refractivity contribution is 0.102. The molecule has 0 unspecified atom stereocenters. The number of carbonyl (C=O) groups excluding carboxylic acids is 2. The Kier molecular flexibility index (Phi) is 6.37. The minimum absolute atomic E-state index is 0.146. The number of nitrogens with one attached hydrogen (secondary N) is 3. The Morgan fingerprint density at radius 1 is 0.938 bits per heavy atom. The molecule has 0 aliphatic carbocycles. The average molecular weight is 430 g/mol. The van der Waals surface area contributed by atoms with Crippen molar-refractivity contribution in [3.8, 4) is 0 Å². The van der Waals surface area contributed by atoms with E-state index >= 15 is 0 Å². The molecule has 0 bridgehead atoms. The quantitative estimate of drug-likeness (QED) is 0.463. The summed E-state index contributed by atoms with van der Waals surface area (Å²) in [5.41, 5.74) is 11.7. The van der Waals surface area contributed by atoms with Gasteiger partial charge in [0, 0.05) is 42.3 Å². The maximum Gasteiger partial charge on any atom is 0.319 e. The molecule has 32 heavy (non-hydrogen) atoms. The van der Waals surface area contributed by atoms with Crippen molar-refractivity contribution in [3.05, 3.63) is 89.0 Å². The van der Waals surface area contributed by atoms with E-state index in [0.29, 0.717) is 29.2 Å². The Morgan fingerprint density at radius 2 is 1.75 bits per heavy atom. The van der Waals surface area contributed by atoms with Crippen LogP contribution in [0, 0.1) is 0 Å². The first kappa shape index (κ1) is 21.4. The Labute approximate surface area is 187 Å². The lowest BCUT2D eigenvalue weighted by Gasteiger charge is -2.25. The van der Waals surface area contributed by atoms with E-state index in [9.17, 15) is 9.59 Å². The number of hydrogen-bond donors (Lipinski definition) is 4. The second-order valence-electron chi connectivity index (χ2n) is 8.06. The largest absolute Gasteiger partial charge is 0.399 e. The smallest absolute Gasteiger partial charge is 0.319 e. The normalized spacial score (nSPS) is 13.2. The molecule has 7 heteroatoms. The van der Waals surface area contributed by atoms with Gasteiger partial charge in [0.25, 0.3) is 5.91 Å². The van der Waals surface area contributed by atoms with Gasteiger partial charge in [-0.05, 0) is 78.7 Å². The summed E-state index contributed by atoms with van der Waals surface area (Å²) in [6.07, 6.45) is 1.01. The Balaban J connectivity index is 1.34. The highest BCUT2D eigenvalue weighted by Crippen LogP contribution is 2.20. The van der Waals surface area contributed by atoms with Gasteiger partial charge >= 0.3 is 6.03 Å². The van der Waals surface area contributed by atoms with E-state index in [1.54, 1.807) is 24.3 Å². The first-order valence-electron chi connectivity index (χ1n) is 10.6. The molecule has 0 fully saturated rings. The Morgan fingerprint density at radius 3 is 2.56 bits per heavy atom. The number of anilines is 3. The summed E-state index contributed by atoms with van der Waals surface area (Å²) in [4.78, 5) is 27.2. The highest BCUT2D eigenvalue weighted by atomic mass is 16.2. The van der Waals surface area contributed by atoms with Gasteiger partial charge in [0.1, 0.15) is 0 Å². The van der Waals surface area contributed by atoms with Gasteiger partial charge in [-0.2, -0.15) is 0 Å². The van der Waals surface area contributed by atoms with Crippen molar-refractivity contribution in [1.29, 1.82) is 0 Å². The molecule has 0 spiro atoms. The summed E-state index contributed by atoms with van der Waals surface area (Å²) >= 11 is 0. The van der Waals surface area contributed by atoms with Crippen LogP contribution < -0.4 is 21.7 Å². The van der Waals surface area contributed by atoms with Gasteiger partial charge in [-0.1, -0.05) is 18.2 Å². The SMILES string of the molecule is CN1CCc2ccc(C(=O)Nc3cccc(CNC(=O)Nc4ccc(N)cc4)c3)cc2C1. The van der Waals surface area contributed by atoms with Crippen molar-refractivity contribution in [1.82, 2.24) is 10.2 Å². The van der Waals surface area contributed by atoms with E-state index in [1.165, 1.54) is 11.1 Å². The van der Waals surface area contributed by atoms with Gasteiger partial charge in [-0.15, -0.1) is 0 Å². The van der Waals surface area contributed by atoms with Crippen LogP contribution in [-0.4, -0.2) is 30.4 Å². The molecule has 3 aromatic rings. The monoisotopic (exact) mass is 429 g/mol. The van der Waals surface area contributed by atoms with Gasteiger partial charge in [0.2, 0.25) is 0 Å². The predicted octanol–water partition coefficient (Wildman–Crippen LogP) is 3.83. The number of benzene rings is 3. The fraction of sp³-hybridized carbons (Fsp3) is 0.200. The minimum Gasteiger partial charge on any atom is -0.399 e. The first-order chi connectivity index (χ1) is 15.5. The van der Waals surface area contributed by atoms with Gasteiger partial charge in [-0.3, -0.25) is 4.79 Å². The third-order valence-electron chi connectivity index (χ3n) is 5.48. The van der Waals surface area contributed by atoms with Crippen LogP contribution in [0.5, 0.6) is 0 Å². The van der Waals surface area contributed by atoms with Gasteiger partial charge in [0.05, 0.1) is 0 Å². The molecule has 3 amide bonds. The number of nitrogens with two attached hydrogens (primary N) is 1. The predicted molar refractivity (Wildman–Crippen MR) is 128 cm³/mol. The van der Waals surface area contributed by atoms with Crippen LogP contribution in [-0.2, 0) is 19.5 Å². The van der Waals surface area contributed by atoms with Crippen LogP contribution in [0.3, 0.4) is 0 Å². The fourth-order valence-electron chi connectivity index (χ4n) is 3.73. The van der Waals surface area contributed by atoms with Gasteiger partial charge in [0.15, 0.2) is 0 Å². The number of hydrogen-bond acceptors (Lipinski definition) is 4. The topological polar surface area (TPSA) is 99.5 Å². The molecular weight excluding hydrogens is 402 g/mol. The summed E-state index contributed by atoms with van der Waals surface area (Å²) in [7, 11) is 2.09. The number of nitrogen functional groups attached to an aromatic ring is 1. The third-order valence-corrected chi connectivity index (χ3v) is 5.48. The van der Waals surface area contributed by atoms with E-state index in [4.69, 9.17) is 5.73 Å². The number of rotatable bonds is 5. The lowest BCUT2D eigenvalue weighted by atomic mass is 9.97. The van der Waals surface area contributed by atoms with Crippen molar-refractivity contribution >= 4 is 29.0 Å². The van der Waals surface area contributed by atoms with Crippen LogP contribution >= 0.6 is 0 Å². The fourth-order valence-corrected chi connectivity index (χ4v) is 3.73. The van der Waals surface area contributed by atoms with E-state index in [1.807, 2.05) is 36.4 Å².